The van der Waals surface area contributed by atoms with Gasteiger partial charge in [0.05, 0.1) is 16.8 Å². The number of hydrogen-bond acceptors (Lipinski definition) is 4. The van der Waals surface area contributed by atoms with Crippen molar-refractivity contribution < 1.29 is 4.79 Å². The molecule has 1 aromatic carbocycles. The predicted molar refractivity (Wildman–Crippen MR) is 71.0 cm³/mol. The first kappa shape index (κ1) is 11.8. The lowest BCUT2D eigenvalue weighted by Crippen LogP contribution is -2.39. The normalized spacial score (nSPS) is 19.8. The molecule has 1 aromatic rings. The third kappa shape index (κ3) is 1.95. The zero-order valence-corrected chi connectivity index (χ0v) is 10.7. The molecule has 1 aliphatic heterocycles. The molecule has 0 radical (unpaired) electrons. The summed E-state index contributed by atoms with van der Waals surface area (Å²) in [5, 5.41) is -0.0385. The number of benzene rings is 1. The molecule has 3 nitrogen and oxygen atoms in total. The van der Waals surface area contributed by atoms with Gasteiger partial charge in [-0.15, -0.1) is 11.8 Å². The number of anilines is 1. The van der Waals surface area contributed by atoms with Crippen LogP contribution in [0.1, 0.15) is 12.5 Å². The van der Waals surface area contributed by atoms with Gasteiger partial charge < -0.3 is 10.6 Å². The van der Waals surface area contributed by atoms with Gasteiger partial charge >= 0.3 is 0 Å². The zero-order chi connectivity index (χ0) is 11.7. The summed E-state index contributed by atoms with van der Waals surface area (Å²) in [5.74, 6) is 0.520. The van der Waals surface area contributed by atoms with Crippen LogP contribution in [0.15, 0.2) is 23.1 Å². The van der Waals surface area contributed by atoms with Crippen molar-refractivity contribution in [1.82, 2.24) is 0 Å². The van der Waals surface area contributed by atoms with E-state index in [1.54, 1.807) is 16.7 Å². The number of nitrogens with two attached hydrogens (primary N) is 1. The Morgan fingerprint density at radius 3 is 2.94 bits per heavy atom. The van der Waals surface area contributed by atoms with Crippen molar-refractivity contribution in [1.29, 1.82) is 0 Å². The van der Waals surface area contributed by atoms with Crippen molar-refractivity contribution in [3.63, 3.8) is 0 Å². The summed E-state index contributed by atoms with van der Waals surface area (Å²) in [4.78, 5) is 14.8. The minimum Gasteiger partial charge on any atom is -0.326 e. The van der Waals surface area contributed by atoms with Crippen LogP contribution in [0.4, 0.5) is 5.69 Å². The summed E-state index contributed by atoms with van der Waals surface area (Å²) in [5.41, 5.74) is 7.57. The van der Waals surface area contributed by atoms with Crippen LogP contribution in [-0.2, 0) is 11.3 Å². The lowest BCUT2D eigenvalue weighted by molar-refractivity contribution is -0.117. The predicted octanol–water partition coefficient (Wildman–Crippen LogP) is 1.86. The molecule has 2 N–H and O–H groups in total. The number of thioether (sulfide) groups is 1. The lowest BCUT2D eigenvalue weighted by Gasteiger charge is -2.31. The maximum Gasteiger partial charge on any atom is 0.240 e. The number of fused-ring (bicyclic) bond motifs is 1. The van der Waals surface area contributed by atoms with E-state index in [4.69, 9.17) is 5.73 Å². The Kier molecular flexibility index (Phi) is 3.47. The standard InChI is InChI=1S/C11H14N2OS2/c1-7-11(14)13(6-15)9-4-8(5-12)2-3-10(9)16-7/h2-4,7,15H,5-6,12H2,1H3. The molecule has 1 amide bonds. The van der Waals surface area contributed by atoms with Crippen LogP contribution in [0.3, 0.4) is 0 Å². The van der Waals surface area contributed by atoms with Gasteiger partial charge in [0.15, 0.2) is 0 Å². The first-order valence-corrected chi connectivity index (χ1v) is 6.60. The Morgan fingerprint density at radius 1 is 1.56 bits per heavy atom. The third-order valence-corrected chi connectivity index (χ3v) is 4.05. The molecule has 5 heteroatoms. The minimum atomic E-state index is -0.0385. The molecular formula is C11H14N2OS2. The Hall–Kier alpha value is -0.650. The lowest BCUT2D eigenvalue weighted by atomic mass is 10.2. The molecule has 0 spiro atoms. The van der Waals surface area contributed by atoms with Crippen molar-refractivity contribution in [2.75, 3.05) is 10.8 Å². The van der Waals surface area contributed by atoms with Crippen molar-refractivity contribution in [3.8, 4) is 0 Å². The molecule has 2 rings (SSSR count). The van der Waals surface area contributed by atoms with E-state index in [9.17, 15) is 4.79 Å². The fourth-order valence-corrected chi connectivity index (χ4v) is 3.06. The van der Waals surface area contributed by atoms with Crippen LogP contribution in [0.2, 0.25) is 0 Å². The van der Waals surface area contributed by atoms with Crippen LogP contribution in [0.5, 0.6) is 0 Å². The van der Waals surface area contributed by atoms with Gasteiger partial charge in [0.2, 0.25) is 5.91 Å². The number of amides is 1. The number of rotatable bonds is 2. The topological polar surface area (TPSA) is 46.3 Å². The first-order chi connectivity index (χ1) is 7.67. The quantitative estimate of drug-likeness (QED) is 0.792. The summed E-state index contributed by atoms with van der Waals surface area (Å²) in [6.45, 7) is 2.41. The van der Waals surface area contributed by atoms with Crippen LogP contribution >= 0.6 is 24.4 Å². The molecule has 0 bridgehead atoms. The Labute approximate surface area is 105 Å². The van der Waals surface area contributed by atoms with Gasteiger partial charge in [-0.1, -0.05) is 6.07 Å². The highest BCUT2D eigenvalue weighted by atomic mass is 32.2. The maximum atomic E-state index is 11.9. The van der Waals surface area contributed by atoms with Crippen LogP contribution in [0.25, 0.3) is 0 Å². The highest BCUT2D eigenvalue weighted by molar-refractivity contribution is 8.01. The molecule has 0 saturated carbocycles. The molecule has 1 aliphatic rings. The van der Waals surface area contributed by atoms with Crippen molar-refractivity contribution in [2.45, 2.75) is 23.6 Å². The highest BCUT2D eigenvalue weighted by Crippen LogP contribution is 2.39. The van der Waals surface area contributed by atoms with E-state index in [-0.39, 0.29) is 11.2 Å². The van der Waals surface area contributed by atoms with Crippen molar-refractivity contribution in [3.05, 3.63) is 23.8 Å². The van der Waals surface area contributed by atoms with E-state index in [0.717, 1.165) is 16.1 Å². The fourth-order valence-electron chi connectivity index (χ4n) is 1.73. The molecule has 0 saturated heterocycles. The van der Waals surface area contributed by atoms with Crippen molar-refractivity contribution in [2.24, 2.45) is 5.73 Å². The van der Waals surface area contributed by atoms with Crippen LogP contribution in [-0.4, -0.2) is 17.0 Å². The largest absolute Gasteiger partial charge is 0.326 e. The fraction of sp³-hybridized carbons (Fsp3) is 0.364. The van der Waals surface area contributed by atoms with Gasteiger partial charge in [-0.2, -0.15) is 12.6 Å². The summed E-state index contributed by atoms with van der Waals surface area (Å²) in [6.07, 6.45) is 0. The second kappa shape index (κ2) is 4.69. The van der Waals surface area contributed by atoms with E-state index >= 15 is 0 Å². The smallest absolute Gasteiger partial charge is 0.240 e. The SMILES string of the molecule is CC1Sc2ccc(CN)cc2N(CS)C1=O. The van der Waals surface area contributed by atoms with Crippen molar-refractivity contribution >= 4 is 36.0 Å². The summed E-state index contributed by atoms with van der Waals surface area (Å²) in [7, 11) is 0. The zero-order valence-electron chi connectivity index (χ0n) is 9.01. The van der Waals surface area contributed by atoms with E-state index < -0.39 is 0 Å². The molecule has 1 heterocycles. The second-order valence-electron chi connectivity index (χ2n) is 3.67. The molecule has 1 atom stereocenters. The molecule has 0 fully saturated rings. The monoisotopic (exact) mass is 254 g/mol. The summed E-state index contributed by atoms with van der Waals surface area (Å²) < 4.78 is 0. The Morgan fingerprint density at radius 2 is 2.31 bits per heavy atom. The number of hydrogen-bond donors (Lipinski definition) is 2. The van der Waals surface area contributed by atoms with Gasteiger partial charge in [0.25, 0.3) is 0 Å². The molecule has 86 valence electrons. The molecule has 0 aliphatic carbocycles. The summed E-state index contributed by atoms with van der Waals surface area (Å²) >= 11 is 5.81. The average molecular weight is 254 g/mol. The van der Waals surface area contributed by atoms with E-state index in [0.29, 0.717) is 12.4 Å². The van der Waals surface area contributed by atoms with Gasteiger partial charge in [0.1, 0.15) is 0 Å². The van der Waals surface area contributed by atoms with Gasteiger partial charge in [-0.05, 0) is 24.6 Å². The number of carbonyl (C=O) groups excluding carboxylic acids is 1. The Bertz CT molecular complexity index is 422. The van der Waals surface area contributed by atoms with Gasteiger partial charge in [0, 0.05) is 11.4 Å². The average Bonchev–Trinajstić information content (AvgIpc) is 2.30. The number of thiol groups is 1. The molecule has 0 aromatic heterocycles. The Balaban J connectivity index is 2.48. The van der Waals surface area contributed by atoms with E-state index in [1.807, 2.05) is 25.1 Å². The number of nitrogens with zero attached hydrogens (tertiary/aromatic N) is 1. The summed E-state index contributed by atoms with van der Waals surface area (Å²) in [6, 6.07) is 6.01. The van der Waals surface area contributed by atoms with Crippen LogP contribution in [0, 0.1) is 0 Å². The van der Waals surface area contributed by atoms with Crippen LogP contribution < -0.4 is 10.6 Å². The third-order valence-electron chi connectivity index (χ3n) is 2.61. The van der Waals surface area contributed by atoms with E-state index in [1.165, 1.54) is 0 Å². The molecule has 16 heavy (non-hydrogen) atoms. The molecular weight excluding hydrogens is 240 g/mol. The second-order valence-corrected chi connectivity index (χ2v) is 5.34. The number of carbonyl (C=O) groups is 1. The first-order valence-electron chi connectivity index (χ1n) is 5.09. The maximum absolute atomic E-state index is 11.9. The van der Waals surface area contributed by atoms with Gasteiger partial charge in [-0.25, -0.2) is 0 Å². The van der Waals surface area contributed by atoms with Gasteiger partial charge in [-0.3, -0.25) is 4.79 Å². The highest BCUT2D eigenvalue weighted by Gasteiger charge is 2.29. The minimum absolute atomic E-state index is 0.0385. The van der Waals surface area contributed by atoms with E-state index in [2.05, 4.69) is 12.6 Å². The molecule has 1 unspecified atom stereocenters.